The Labute approximate surface area is 405 Å². The Balaban J connectivity index is 1.70. The number of aliphatic hydroxyl groups is 3. The molecule has 68 heavy (non-hydrogen) atoms. The first-order chi connectivity index (χ1) is 32.3. The predicted octanol–water partition coefficient (Wildman–Crippen LogP) is 6.20. The van der Waals surface area contributed by atoms with Gasteiger partial charge >= 0.3 is 5.97 Å². The van der Waals surface area contributed by atoms with E-state index in [1.54, 1.807) is 41.1 Å². The molecule has 0 aromatic heterocycles. The number of cyclic esters (lactones) is 1. The quantitative estimate of drug-likeness (QED) is 0.134. The van der Waals surface area contributed by atoms with Crippen LogP contribution in [0.1, 0.15) is 126 Å². The fourth-order valence-electron chi connectivity index (χ4n) is 10.5. The van der Waals surface area contributed by atoms with Gasteiger partial charge in [0, 0.05) is 58.5 Å². The van der Waals surface area contributed by atoms with E-state index >= 15 is 0 Å². The van der Waals surface area contributed by atoms with Crippen molar-refractivity contribution in [2.24, 2.45) is 35.5 Å². The SMILES string of the molecule is CO[C@H]1C[C@@H]2CC[C@@H](C)[C@@](O)(O2)C(=O)C(=O)N2CCCC[C@H]2C(=O)O[C@H]([C@H](C)C[C@H]2CC[C@@H](OCCO)[C@H](OC)C2)CC(=O)[C@H](C)C=C(C)[C@@H](O)[C@@H](OC)C(=O)[C@H](C)C[C@H](C)C=CC=CC=C1C. The van der Waals surface area contributed by atoms with Crippen molar-refractivity contribution in [3.63, 3.8) is 0 Å². The molecule has 4 rings (SSSR count). The molecular weight excluding hydrogens is 875 g/mol. The van der Waals surface area contributed by atoms with Crippen LogP contribution in [0.3, 0.4) is 0 Å². The maximum absolute atomic E-state index is 14.5. The lowest BCUT2D eigenvalue weighted by molar-refractivity contribution is -0.265. The monoisotopic (exact) mass is 958 g/mol. The lowest BCUT2D eigenvalue weighted by Gasteiger charge is -2.42. The molecular formula is C53H83NO14. The van der Waals surface area contributed by atoms with Crippen LogP contribution in [0, 0.1) is 35.5 Å². The van der Waals surface area contributed by atoms with E-state index in [1.807, 2.05) is 58.1 Å². The van der Waals surface area contributed by atoms with E-state index in [-0.39, 0.29) is 74.1 Å². The van der Waals surface area contributed by atoms with Crippen molar-refractivity contribution in [2.75, 3.05) is 41.1 Å². The third kappa shape index (κ3) is 15.3. The Hall–Kier alpha value is -3.41. The average Bonchev–Trinajstić information content (AvgIpc) is 3.32. The molecule has 0 aromatic carbocycles. The Morgan fingerprint density at radius 1 is 0.853 bits per heavy atom. The molecule has 0 spiro atoms. The number of carbonyl (C=O) groups excluding carboxylic acids is 5. The number of carbonyl (C=O) groups is 5. The number of allylic oxidation sites excluding steroid dienone is 6. The van der Waals surface area contributed by atoms with Gasteiger partial charge in [0.2, 0.25) is 5.79 Å². The summed E-state index contributed by atoms with van der Waals surface area (Å²) in [5.41, 5.74) is 1.26. The van der Waals surface area contributed by atoms with Gasteiger partial charge in [-0.2, -0.15) is 0 Å². The molecule has 2 saturated heterocycles. The van der Waals surface area contributed by atoms with Gasteiger partial charge in [0.1, 0.15) is 30.1 Å². The van der Waals surface area contributed by atoms with Gasteiger partial charge in [0.25, 0.3) is 11.7 Å². The molecule has 4 aliphatic rings. The molecule has 0 unspecified atom stereocenters. The summed E-state index contributed by atoms with van der Waals surface area (Å²) in [6.07, 6.45) is 12.0. The summed E-state index contributed by atoms with van der Waals surface area (Å²) in [6.45, 7) is 12.9. The topological polar surface area (TPSA) is 205 Å². The van der Waals surface area contributed by atoms with Gasteiger partial charge in [-0.25, -0.2) is 4.79 Å². The van der Waals surface area contributed by atoms with E-state index in [1.165, 1.54) is 12.0 Å². The normalized spacial score (nSPS) is 36.7. The fourth-order valence-corrected chi connectivity index (χ4v) is 10.5. The van der Waals surface area contributed by atoms with E-state index in [9.17, 15) is 39.3 Å². The van der Waals surface area contributed by atoms with Crippen LogP contribution in [0.2, 0.25) is 0 Å². The van der Waals surface area contributed by atoms with Crippen molar-refractivity contribution in [2.45, 2.75) is 180 Å². The molecule has 2 bridgehead atoms. The summed E-state index contributed by atoms with van der Waals surface area (Å²) >= 11 is 0. The van der Waals surface area contributed by atoms with Crippen molar-refractivity contribution >= 4 is 29.2 Å². The lowest BCUT2D eigenvalue weighted by atomic mass is 9.78. The van der Waals surface area contributed by atoms with Gasteiger partial charge in [0.15, 0.2) is 5.78 Å². The number of Topliss-reactive ketones (excluding diaryl/α,β-unsaturated/α-hetero) is 3. The van der Waals surface area contributed by atoms with Crippen LogP contribution in [0.5, 0.6) is 0 Å². The van der Waals surface area contributed by atoms with Crippen molar-refractivity contribution in [1.82, 2.24) is 4.90 Å². The number of ketones is 3. The minimum Gasteiger partial charge on any atom is -0.460 e. The van der Waals surface area contributed by atoms with E-state index in [2.05, 4.69) is 0 Å². The number of hydrogen-bond acceptors (Lipinski definition) is 14. The molecule has 1 aliphatic carbocycles. The van der Waals surface area contributed by atoms with E-state index in [0.717, 1.165) is 12.0 Å². The zero-order valence-electron chi connectivity index (χ0n) is 42.4. The minimum absolute atomic E-state index is 0.0158. The summed E-state index contributed by atoms with van der Waals surface area (Å²) < 4.78 is 35.6. The summed E-state index contributed by atoms with van der Waals surface area (Å²) in [6, 6.07) is -1.14. The number of fused-ring (bicyclic) bond motifs is 3. The molecule has 3 fully saturated rings. The number of amides is 1. The number of nitrogens with zero attached hydrogens (tertiary/aromatic N) is 1. The van der Waals surface area contributed by atoms with Crippen LogP contribution < -0.4 is 0 Å². The predicted molar refractivity (Wildman–Crippen MR) is 256 cm³/mol. The highest BCUT2D eigenvalue weighted by molar-refractivity contribution is 6.39. The number of hydrogen-bond donors (Lipinski definition) is 3. The number of aliphatic hydroxyl groups excluding tert-OH is 2. The maximum atomic E-state index is 14.5. The van der Waals surface area contributed by atoms with Gasteiger partial charge in [0.05, 0.1) is 37.6 Å². The summed E-state index contributed by atoms with van der Waals surface area (Å²) in [4.78, 5) is 72.1. The largest absolute Gasteiger partial charge is 0.460 e. The Morgan fingerprint density at radius 3 is 2.26 bits per heavy atom. The zero-order valence-corrected chi connectivity index (χ0v) is 42.4. The van der Waals surface area contributed by atoms with Crippen LogP contribution >= 0.6 is 0 Å². The second-order valence-corrected chi connectivity index (χ2v) is 20.2. The molecule has 3 N–H and O–H groups in total. The summed E-state index contributed by atoms with van der Waals surface area (Å²) in [5.74, 6) is -7.96. The minimum atomic E-state index is -2.43. The summed E-state index contributed by atoms with van der Waals surface area (Å²) in [5, 5.41) is 32.8. The highest BCUT2D eigenvalue weighted by Gasteiger charge is 2.53. The van der Waals surface area contributed by atoms with E-state index in [4.69, 9.17) is 28.4 Å². The van der Waals surface area contributed by atoms with Crippen molar-refractivity contribution in [1.29, 1.82) is 0 Å². The first kappa shape index (κ1) is 57.2. The number of ether oxygens (including phenoxy) is 6. The van der Waals surface area contributed by atoms with Gasteiger partial charge in [-0.3, -0.25) is 19.2 Å². The number of rotatable bonds is 9. The van der Waals surface area contributed by atoms with Crippen molar-refractivity contribution in [3.05, 3.63) is 47.6 Å². The highest BCUT2D eigenvalue weighted by Crippen LogP contribution is 2.38. The fraction of sp³-hybridized carbons (Fsp3) is 0.755. The molecule has 1 amide bonds. The molecule has 15 nitrogen and oxygen atoms in total. The third-order valence-corrected chi connectivity index (χ3v) is 14.9. The zero-order chi connectivity index (χ0) is 50.3. The third-order valence-electron chi connectivity index (χ3n) is 14.9. The lowest BCUT2D eigenvalue weighted by Crippen LogP contribution is -2.61. The van der Waals surface area contributed by atoms with E-state index < -0.39 is 77.8 Å². The van der Waals surface area contributed by atoms with Crippen molar-refractivity contribution < 1.29 is 67.7 Å². The van der Waals surface area contributed by atoms with Gasteiger partial charge in [-0.15, -0.1) is 0 Å². The Kier molecular flexibility index (Phi) is 22.9. The van der Waals surface area contributed by atoms with E-state index in [0.29, 0.717) is 63.4 Å². The molecule has 15 atom stereocenters. The van der Waals surface area contributed by atoms with Gasteiger partial charge in [-0.1, -0.05) is 71.1 Å². The first-order valence-electron chi connectivity index (χ1n) is 25.0. The Morgan fingerprint density at radius 2 is 1.59 bits per heavy atom. The van der Waals surface area contributed by atoms with Crippen LogP contribution in [-0.2, 0) is 52.4 Å². The molecule has 15 heteroatoms. The maximum Gasteiger partial charge on any atom is 0.329 e. The van der Waals surface area contributed by atoms with Crippen LogP contribution in [0.25, 0.3) is 0 Å². The highest BCUT2D eigenvalue weighted by atomic mass is 16.6. The molecule has 3 aliphatic heterocycles. The van der Waals surface area contributed by atoms with Gasteiger partial charge in [-0.05, 0) is 107 Å². The Bertz CT molecular complexity index is 1810. The second-order valence-electron chi connectivity index (χ2n) is 20.2. The molecule has 0 radical (unpaired) electrons. The van der Waals surface area contributed by atoms with Crippen molar-refractivity contribution in [3.8, 4) is 0 Å². The smallest absolute Gasteiger partial charge is 0.329 e. The van der Waals surface area contributed by atoms with Gasteiger partial charge < -0.3 is 48.6 Å². The standard InChI is InChI=1S/C53H83NO14/c1-32-16-12-11-13-17-33(2)44(63-8)30-40-21-19-38(7)53(62,68-40)50(59)51(60)54-23-15-14-18-41(54)52(61)67-45(35(4)28-39-20-22-43(66-25-24-55)46(29-39)64-9)31-42(56)34(3)27-37(6)48(58)49(65-10)47(57)36(5)26-32/h11-13,16-17,27,32,34-36,38-41,43-46,48-49,55,58,62H,14-15,18-26,28-31H2,1-10H3/t32-,34-,35-,36-,38-,39-,40+,41+,43-,44+,45+,46-,48-,49+,53-/m1/s1. The average molecular weight is 958 g/mol. The van der Waals surface area contributed by atoms with Crippen LogP contribution in [-0.4, -0.2) is 145 Å². The summed E-state index contributed by atoms with van der Waals surface area (Å²) in [7, 11) is 4.58. The number of methoxy groups -OCH3 is 3. The molecule has 1 saturated carbocycles. The molecule has 384 valence electrons. The second kappa shape index (κ2) is 27.3. The first-order valence-corrected chi connectivity index (χ1v) is 25.0. The van der Waals surface area contributed by atoms with Crippen LogP contribution in [0.15, 0.2) is 47.6 Å². The molecule has 3 heterocycles. The number of piperidine rings is 1. The molecule has 0 aromatic rings. The van der Waals surface area contributed by atoms with Crippen LogP contribution in [0.4, 0.5) is 0 Å². The number of esters is 1.